The van der Waals surface area contributed by atoms with Crippen LogP contribution in [0.2, 0.25) is 10.2 Å². The largest absolute Gasteiger partial charge is 0.382 e. The van der Waals surface area contributed by atoms with Crippen LogP contribution in [-0.2, 0) is 6.42 Å². The molecule has 0 saturated carbocycles. The normalized spacial score (nSPS) is 12.1. The van der Waals surface area contributed by atoms with Gasteiger partial charge in [0.05, 0.1) is 16.8 Å². The van der Waals surface area contributed by atoms with Crippen LogP contribution in [0.3, 0.4) is 0 Å². The van der Waals surface area contributed by atoms with E-state index in [4.69, 9.17) is 23.2 Å². The topological polar surface area (TPSA) is 46.9 Å². The molecule has 0 spiro atoms. The van der Waals surface area contributed by atoms with E-state index in [-0.39, 0.29) is 45.9 Å². The molecule has 1 unspecified atom stereocenters. The van der Waals surface area contributed by atoms with Crippen LogP contribution in [0.4, 0.5) is 18.9 Å². The van der Waals surface area contributed by atoms with Crippen molar-refractivity contribution in [1.29, 1.82) is 0 Å². The third-order valence-corrected chi connectivity index (χ3v) is 5.41. The number of carbonyl (C=O) groups is 1. The minimum absolute atomic E-state index is 0.0128. The average molecular weight is 456 g/mol. The first kappa shape index (κ1) is 22.2. The van der Waals surface area contributed by atoms with Crippen molar-refractivity contribution in [2.45, 2.75) is 26.3 Å². The molecule has 4 nitrogen and oxygen atoms in total. The fourth-order valence-electron chi connectivity index (χ4n) is 3.15. The molecule has 0 amide bonds. The standard InChI is InChI=1S/C21H18Cl2F3N3O/c1-11(13-5-3-7-16(24)18(13)25)29-21(23)14(20(28-29)12(2)30)9-10-27-17-8-4-6-15(22)19(17)26/h3-8,11,27H,9-10H2,1-2H3. The summed E-state index contributed by atoms with van der Waals surface area (Å²) in [5.41, 5.74) is 0.825. The third-order valence-electron chi connectivity index (χ3n) is 4.72. The fourth-order valence-corrected chi connectivity index (χ4v) is 3.69. The molecule has 0 bridgehead atoms. The van der Waals surface area contributed by atoms with Gasteiger partial charge in [0.15, 0.2) is 23.2 Å². The van der Waals surface area contributed by atoms with Crippen molar-refractivity contribution >= 4 is 34.7 Å². The Kier molecular flexibility index (Phi) is 6.73. The van der Waals surface area contributed by atoms with Gasteiger partial charge in [0.25, 0.3) is 0 Å². The van der Waals surface area contributed by atoms with Crippen LogP contribution in [0.1, 0.15) is 41.5 Å². The summed E-state index contributed by atoms with van der Waals surface area (Å²) < 4.78 is 43.1. The van der Waals surface area contributed by atoms with Gasteiger partial charge in [0, 0.05) is 24.6 Å². The highest BCUT2D eigenvalue weighted by atomic mass is 35.5. The van der Waals surface area contributed by atoms with Gasteiger partial charge in [0.2, 0.25) is 0 Å². The molecule has 0 aliphatic rings. The molecule has 1 heterocycles. The van der Waals surface area contributed by atoms with Crippen molar-refractivity contribution in [2.75, 3.05) is 11.9 Å². The van der Waals surface area contributed by atoms with Crippen LogP contribution in [0.5, 0.6) is 0 Å². The number of nitrogens with zero attached hydrogens (tertiary/aromatic N) is 2. The zero-order valence-electron chi connectivity index (χ0n) is 16.1. The summed E-state index contributed by atoms with van der Waals surface area (Å²) in [6, 6.07) is 7.66. The van der Waals surface area contributed by atoms with Gasteiger partial charge >= 0.3 is 0 Å². The zero-order valence-corrected chi connectivity index (χ0v) is 17.7. The van der Waals surface area contributed by atoms with Crippen molar-refractivity contribution in [3.8, 4) is 0 Å². The molecular formula is C21H18Cl2F3N3O. The summed E-state index contributed by atoms with van der Waals surface area (Å²) in [6.07, 6.45) is 0.248. The number of hydrogen-bond donors (Lipinski definition) is 1. The molecule has 0 aliphatic carbocycles. The Hall–Kier alpha value is -2.51. The van der Waals surface area contributed by atoms with Crippen LogP contribution < -0.4 is 5.32 Å². The summed E-state index contributed by atoms with van der Waals surface area (Å²) in [4.78, 5) is 12.1. The van der Waals surface area contributed by atoms with Crippen molar-refractivity contribution in [3.05, 3.63) is 80.8 Å². The Labute approximate surface area is 181 Å². The van der Waals surface area contributed by atoms with E-state index in [2.05, 4.69) is 10.4 Å². The van der Waals surface area contributed by atoms with Crippen LogP contribution in [0, 0.1) is 17.5 Å². The summed E-state index contributed by atoms with van der Waals surface area (Å²) in [5, 5.41) is 7.26. The van der Waals surface area contributed by atoms with E-state index in [1.54, 1.807) is 13.0 Å². The van der Waals surface area contributed by atoms with E-state index in [1.807, 2.05) is 0 Å². The van der Waals surface area contributed by atoms with E-state index >= 15 is 0 Å². The number of ketones is 1. The van der Waals surface area contributed by atoms with Gasteiger partial charge in [-0.3, -0.25) is 4.79 Å². The number of anilines is 1. The summed E-state index contributed by atoms with van der Waals surface area (Å²) in [7, 11) is 0. The molecule has 1 aromatic heterocycles. The zero-order chi connectivity index (χ0) is 22.0. The number of aromatic nitrogens is 2. The Balaban J connectivity index is 1.88. The minimum atomic E-state index is -0.999. The van der Waals surface area contributed by atoms with Gasteiger partial charge in [-0.2, -0.15) is 5.10 Å². The van der Waals surface area contributed by atoms with Gasteiger partial charge in [0.1, 0.15) is 10.8 Å². The number of nitrogens with one attached hydrogen (secondary N) is 1. The monoisotopic (exact) mass is 455 g/mol. The molecule has 0 saturated heterocycles. The van der Waals surface area contributed by atoms with E-state index in [1.165, 1.54) is 35.9 Å². The highest BCUT2D eigenvalue weighted by Crippen LogP contribution is 2.30. The number of hydrogen-bond acceptors (Lipinski definition) is 3. The molecule has 2 aromatic carbocycles. The second kappa shape index (κ2) is 9.10. The van der Waals surface area contributed by atoms with Crippen molar-refractivity contribution in [1.82, 2.24) is 9.78 Å². The second-order valence-electron chi connectivity index (χ2n) is 6.72. The summed E-state index contributed by atoms with van der Waals surface area (Å²) in [6.45, 7) is 3.18. The van der Waals surface area contributed by atoms with Crippen molar-refractivity contribution < 1.29 is 18.0 Å². The Morgan fingerprint density at radius 3 is 2.53 bits per heavy atom. The first-order valence-corrected chi connectivity index (χ1v) is 9.87. The van der Waals surface area contributed by atoms with Crippen LogP contribution >= 0.6 is 23.2 Å². The van der Waals surface area contributed by atoms with Gasteiger partial charge in [-0.05, 0) is 31.5 Å². The van der Waals surface area contributed by atoms with Crippen LogP contribution in [-0.4, -0.2) is 22.1 Å². The molecule has 158 valence electrons. The maximum Gasteiger partial charge on any atom is 0.180 e. The lowest BCUT2D eigenvalue weighted by atomic mass is 10.1. The Morgan fingerprint density at radius 1 is 1.13 bits per heavy atom. The van der Waals surface area contributed by atoms with Crippen LogP contribution in [0.25, 0.3) is 0 Å². The van der Waals surface area contributed by atoms with Gasteiger partial charge in [-0.15, -0.1) is 0 Å². The average Bonchev–Trinajstić information content (AvgIpc) is 3.03. The van der Waals surface area contributed by atoms with E-state index in [0.717, 1.165) is 6.07 Å². The van der Waals surface area contributed by atoms with E-state index in [9.17, 15) is 18.0 Å². The number of benzene rings is 2. The fraction of sp³-hybridized carbons (Fsp3) is 0.238. The van der Waals surface area contributed by atoms with E-state index in [0.29, 0.717) is 5.56 Å². The van der Waals surface area contributed by atoms with Gasteiger partial charge in [-0.1, -0.05) is 41.4 Å². The number of halogens is 5. The molecule has 9 heteroatoms. The van der Waals surface area contributed by atoms with Gasteiger partial charge in [-0.25, -0.2) is 17.9 Å². The third kappa shape index (κ3) is 4.32. The van der Waals surface area contributed by atoms with Gasteiger partial charge < -0.3 is 5.32 Å². The lowest BCUT2D eigenvalue weighted by molar-refractivity contribution is 0.101. The molecule has 1 N–H and O–H groups in total. The minimum Gasteiger partial charge on any atom is -0.382 e. The lowest BCUT2D eigenvalue weighted by Crippen LogP contribution is -2.12. The number of rotatable bonds is 7. The number of Topliss-reactive ketones (excluding diaryl/α,β-unsaturated/α-hetero) is 1. The molecule has 1 atom stereocenters. The first-order chi connectivity index (χ1) is 14.2. The summed E-state index contributed by atoms with van der Waals surface area (Å²) in [5.74, 6) is -2.89. The Morgan fingerprint density at radius 2 is 1.83 bits per heavy atom. The highest BCUT2D eigenvalue weighted by molar-refractivity contribution is 6.31. The molecule has 0 aliphatic heterocycles. The molecule has 0 fully saturated rings. The first-order valence-electron chi connectivity index (χ1n) is 9.12. The van der Waals surface area contributed by atoms with E-state index < -0.39 is 23.5 Å². The maximum atomic E-state index is 14.2. The second-order valence-corrected chi connectivity index (χ2v) is 7.48. The summed E-state index contributed by atoms with van der Waals surface area (Å²) >= 11 is 12.2. The quantitative estimate of drug-likeness (QED) is 0.439. The number of carbonyl (C=O) groups excluding carboxylic acids is 1. The molecule has 3 rings (SSSR count). The SMILES string of the molecule is CC(=O)c1nn(C(C)c2cccc(F)c2F)c(Cl)c1CCNc1cccc(Cl)c1F. The predicted octanol–water partition coefficient (Wildman–Crippen LogP) is 6.07. The molecule has 0 radical (unpaired) electrons. The Bertz CT molecular complexity index is 1100. The molecular weight excluding hydrogens is 438 g/mol. The lowest BCUT2D eigenvalue weighted by Gasteiger charge is -2.15. The molecule has 30 heavy (non-hydrogen) atoms. The van der Waals surface area contributed by atoms with Crippen molar-refractivity contribution in [3.63, 3.8) is 0 Å². The smallest absolute Gasteiger partial charge is 0.180 e. The molecule has 3 aromatic rings. The van der Waals surface area contributed by atoms with Crippen LogP contribution in [0.15, 0.2) is 36.4 Å². The maximum absolute atomic E-state index is 14.2. The highest BCUT2D eigenvalue weighted by Gasteiger charge is 2.25. The van der Waals surface area contributed by atoms with Crippen molar-refractivity contribution in [2.24, 2.45) is 0 Å². The predicted molar refractivity (Wildman–Crippen MR) is 111 cm³/mol.